The summed E-state index contributed by atoms with van der Waals surface area (Å²) in [4.78, 5) is 0. The van der Waals surface area contributed by atoms with Gasteiger partial charge >= 0.3 is 13.1 Å². The van der Waals surface area contributed by atoms with Crippen molar-refractivity contribution in [1.82, 2.24) is 0 Å². The third-order valence-electron chi connectivity index (χ3n) is 3.22. The number of halogens is 3. The van der Waals surface area contributed by atoms with Crippen LogP contribution < -0.4 is 0 Å². The van der Waals surface area contributed by atoms with E-state index in [1.165, 1.54) is 0 Å². The predicted octanol–water partition coefficient (Wildman–Crippen LogP) is 4.51. The van der Waals surface area contributed by atoms with Crippen LogP contribution >= 0.6 is 7.60 Å². The van der Waals surface area contributed by atoms with Crippen molar-refractivity contribution in [3.05, 3.63) is 71.8 Å². The maximum Gasteiger partial charge on any atom is 0.498 e. The van der Waals surface area contributed by atoms with Crippen molar-refractivity contribution in [2.75, 3.05) is 5.49 Å². The van der Waals surface area contributed by atoms with Crippen LogP contribution in [-0.4, -0.2) is 19.4 Å². The van der Waals surface area contributed by atoms with Gasteiger partial charge in [-0.15, -0.1) is 0 Å². The highest BCUT2D eigenvalue weighted by atomic mass is 32.2. The standard InChI is InChI=1S/C16H16F3O5PS/c17-16(18,19)26(21,22)13-25(20,23-11-14-7-3-1-4-8-14)24-12-15-9-5-2-6-10-15/h1-10H,11-13H2. The van der Waals surface area contributed by atoms with Gasteiger partial charge in [-0.05, 0) is 11.1 Å². The summed E-state index contributed by atoms with van der Waals surface area (Å²) in [7, 11) is -10.3. The smallest absolute Gasteiger partial charge is 0.303 e. The Hall–Kier alpha value is -1.67. The topological polar surface area (TPSA) is 69.7 Å². The number of rotatable bonds is 8. The van der Waals surface area contributed by atoms with Gasteiger partial charge in [0, 0.05) is 0 Å². The zero-order chi connectivity index (χ0) is 19.3. The Morgan fingerprint density at radius 2 is 1.19 bits per heavy atom. The molecule has 2 aromatic carbocycles. The Balaban J connectivity index is 2.17. The molecule has 0 saturated carbocycles. The molecule has 26 heavy (non-hydrogen) atoms. The van der Waals surface area contributed by atoms with Crippen molar-refractivity contribution in [3.8, 4) is 0 Å². The summed E-state index contributed by atoms with van der Waals surface area (Å²) in [6.07, 6.45) is 0. The Bertz CT molecular complexity index is 807. The van der Waals surface area contributed by atoms with E-state index in [0.717, 1.165) is 0 Å². The molecule has 0 bridgehead atoms. The van der Waals surface area contributed by atoms with Crippen molar-refractivity contribution in [2.45, 2.75) is 18.7 Å². The molecule has 0 aromatic heterocycles. The number of hydrogen-bond acceptors (Lipinski definition) is 5. The zero-order valence-electron chi connectivity index (χ0n) is 13.4. The van der Waals surface area contributed by atoms with Crippen LogP contribution in [0.15, 0.2) is 60.7 Å². The van der Waals surface area contributed by atoms with Gasteiger partial charge < -0.3 is 9.05 Å². The summed E-state index contributed by atoms with van der Waals surface area (Å²) in [5.74, 6) is 0. The summed E-state index contributed by atoms with van der Waals surface area (Å²) in [5, 5.41) is 0. The quantitative estimate of drug-likeness (QED) is 0.602. The number of sulfone groups is 1. The van der Waals surface area contributed by atoms with E-state index in [0.29, 0.717) is 11.1 Å². The average molecular weight is 408 g/mol. The van der Waals surface area contributed by atoms with Crippen LogP contribution in [0.25, 0.3) is 0 Å². The highest BCUT2D eigenvalue weighted by Crippen LogP contribution is 2.52. The molecule has 0 atom stereocenters. The summed E-state index contributed by atoms with van der Waals surface area (Å²) in [6.45, 7) is -0.694. The summed E-state index contributed by atoms with van der Waals surface area (Å²) < 4.78 is 83.6. The van der Waals surface area contributed by atoms with Gasteiger partial charge in [0.05, 0.1) is 13.2 Å². The minimum Gasteiger partial charge on any atom is -0.303 e. The van der Waals surface area contributed by atoms with E-state index in [-0.39, 0.29) is 13.2 Å². The molecule has 0 aliphatic rings. The Morgan fingerprint density at radius 1 is 0.808 bits per heavy atom. The van der Waals surface area contributed by atoms with Crippen LogP contribution in [0.5, 0.6) is 0 Å². The van der Waals surface area contributed by atoms with Gasteiger partial charge in [0.1, 0.15) is 0 Å². The number of alkyl halides is 3. The van der Waals surface area contributed by atoms with Gasteiger partial charge in [-0.25, -0.2) is 8.42 Å². The molecule has 5 nitrogen and oxygen atoms in total. The first kappa shape index (κ1) is 20.6. The fourth-order valence-corrected chi connectivity index (χ4v) is 5.50. The van der Waals surface area contributed by atoms with Crippen LogP contribution in [0.1, 0.15) is 11.1 Å². The van der Waals surface area contributed by atoms with E-state index in [1.807, 2.05) is 0 Å². The maximum absolute atomic E-state index is 12.7. The molecule has 142 valence electrons. The first-order chi connectivity index (χ1) is 12.1. The minimum absolute atomic E-state index is 0.347. The predicted molar refractivity (Wildman–Crippen MR) is 89.9 cm³/mol. The monoisotopic (exact) mass is 408 g/mol. The third kappa shape index (κ3) is 5.95. The molecule has 2 aromatic rings. The molecule has 0 aliphatic heterocycles. The lowest BCUT2D eigenvalue weighted by molar-refractivity contribution is -0.0433. The van der Waals surface area contributed by atoms with E-state index >= 15 is 0 Å². The molecular formula is C16H16F3O5PS. The summed E-state index contributed by atoms with van der Waals surface area (Å²) in [5.41, 5.74) is -6.29. The molecule has 0 unspecified atom stereocenters. The lowest BCUT2D eigenvalue weighted by Gasteiger charge is -2.19. The molecule has 2 rings (SSSR count). The van der Waals surface area contributed by atoms with Crippen LogP contribution in [0.3, 0.4) is 0 Å². The maximum atomic E-state index is 12.7. The van der Waals surface area contributed by atoms with Crippen LogP contribution in [0.4, 0.5) is 13.2 Å². The Labute approximate surface area is 149 Å². The lowest BCUT2D eigenvalue weighted by Crippen LogP contribution is -2.27. The lowest BCUT2D eigenvalue weighted by atomic mass is 10.2. The molecule has 0 fully saturated rings. The van der Waals surface area contributed by atoms with Gasteiger partial charge in [0.2, 0.25) is 0 Å². The van der Waals surface area contributed by atoms with Gasteiger partial charge in [-0.3, -0.25) is 4.57 Å². The molecule has 0 radical (unpaired) electrons. The first-order valence-electron chi connectivity index (χ1n) is 7.36. The molecule has 0 spiro atoms. The molecule has 10 heteroatoms. The van der Waals surface area contributed by atoms with Crippen LogP contribution in [0.2, 0.25) is 0 Å². The Kier molecular flexibility index (Phi) is 6.63. The van der Waals surface area contributed by atoms with Gasteiger partial charge in [0.25, 0.3) is 9.84 Å². The SMILES string of the molecule is O=P(CS(=O)(=O)C(F)(F)F)(OCc1ccccc1)OCc1ccccc1. The van der Waals surface area contributed by atoms with E-state index < -0.39 is 28.4 Å². The summed E-state index contributed by atoms with van der Waals surface area (Å²) in [6, 6.07) is 16.4. The van der Waals surface area contributed by atoms with E-state index in [2.05, 4.69) is 0 Å². The van der Waals surface area contributed by atoms with Gasteiger partial charge in [0.15, 0.2) is 5.49 Å². The highest BCUT2D eigenvalue weighted by molar-refractivity contribution is 7.98. The normalized spacial score (nSPS) is 12.9. The number of hydrogen-bond donors (Lipinski definition) is 0. The molecule has 0 amide bonds. The third-order valence-corrected chi connectivity index (χ3v) is 7.60. The minimum atomic E-state index is -5.68. The Morgan fingerprint density at radius 3 is 1.54 bits per heavy atom. The van der Waals surface area contributed by atoms with Crippen molar-refractivity contribution < 1.29 is 35.2 Å². The fourth-order valence-electron chi connectivity index (χ4n) is 1.89. The van der Waals surface area contributed by atoms with E-state index in [1.54, 1.807) is 60.7 Å². The second-order valence-electron chi connectivity index (χ2n) is 5.32. The van der Waals surface area contributed by atoms with Crippen molar-refractivity contribution in [3.63, 3.8) is 0 Å². The molecule has 0 aliphatic carbocycles. The largest absolute Gasteiger partial charge is 0.498 e. The average Bonchev–Trinajstić information content (AvgIpc) is 2.59. The highest BCUT2D eigenvalue weighted by Gasteiger charge is 2.50. The summed E-state index contributed by atoms with van der Waals surface area (Å²) >= 11 is 0. The van der Waals surface area contributed by atoms with E-state index in [9.17, 15) is 26.2 Å². The van der Waals surface area contributed by atoms with Crippen molar-refractivity contribution in [1.29, 1.82) is 0 Å². The molecule has 0 saturated heterocycles. The zero-order valence-corrected chi connectivity index (χ0v) is 15.1. The van der Waals surface area contributed by atoms with E-state index in [4.69, 9.17) is 9.05 Å². The van der Waals surface area contributed by atoms with Crippen molar-refractivity contribution >= 4 is 17.4 Å². The van der Waals surface area contributed by atoms with Gasteiger partial charge in [-0.1, -0.05) is 60.7 Å². The second-order valence-corrected chi connectivity index (χ2v) is 9.78. The number of benzene rings is 2. The second kappa shape index (κ2) is 8.35. The first-order valence-corrected chi connectivity index (χ1v) is 10.7. The van der Waals surface area contributed by atoms with Gasteiger partial charge in [-0.2, -0.15) is 13.2 Å². The van der Waals surface area contributed by atoms with Crippen LogP contribution in [0, 0.1) is 0 Å². The van der Waals surface area contributed by atoms with Crippen molar-refractivity contribution in [2.24, 2.45) is 0 Å². The fraction of sp³-hybridized carbons (Fsp3) is 0.250. The molecular weight excluding hydrogens is 392 g/mol. The molecule has 0 N–H and O–H groups in total. The molecule has 0 heterocycles. The van der Waals surface area contributed by atoms with Crippen LogP contribution in [-0.2, 0) is 36.7 Å².